The lowest BCUT2D eigenvalue weighted by Crippen LogP contribution is -2.04. The maximum Gasteiger partial charge on any atom is 0.210 e. The molecule has 0 N–H and O–H groups in total. The van der Waals surface area contributed by atoms with E-state index in [1.165, 1.54) is 5.56 Å². The number of nitrogens with zero attached hydrogens (tertiary/aromatic N) is 5. The molecular weight excluding hydrogens is 386 g/mol. The molecule has 4 aromatic rings. The van der Waals surface area contributed by atoms with Crippen LogP contribution in [0.1, 0.15) is 11.3 Å². The molecular formula is C17H15N5OS3. The SMILES string of the molecule is COc1ccc(Cn2nnnc2SCc2csc(-c3ccsc3)n2)cc1. The summed E-state index contributed by atoms with van der Waals surface area (Å²) in [5.74, 6) is 1.58. The van der Waals surface area contributed by atoms with Crippen LogP contribution in [0.3, 0.4) is 0 Å². The van der Waals surface area contributed by atoms with Crippen LogP contribution in [0.15, 0.2) is 51.6 Å². The van der Waals surface area contributed by atoms with E-state index < -0.39 is 0 Å². The second-order valence-electron chi connectivity index (χ2n) is 5.41. The fourth-order valence-electron chi connectivity index (χ4n) is 2.33. The van der Waals surface area contributed by atoms with E-state index in [2.05, 4.69) is 37.7 Å². The number of hydrogen-bond donors (Lipinski definition) is 0. The van der Waals surface area contributed by atoms with Gasteiger partial charge in [-0.3, -0.25) is 0 Å². The topological polar surface area (TPSA) is 65.7 Å². The van der Waals surface area contributed by atoms with Gasteiger partial charge in [0.25, 0.3) is 0 Å². The van der Waals surface area contributed by atoms with Crippen LogP contribution in [0.2, 0.25) is 0 Å². The van der Waals surface area contributed by atoms with Crippen molar-refractivity contribution in [3.05, 3.63) is 57.7 Å². The fourth-order valence-corrected chi connectivity index (χ4v) is 4.74. The number of benzene rings is 1. The van der Waals surface area contributed by atoms with Crippen molar-refractivity contribution < 1.29 is 4.74 Å². The van der Waals surface area contributed by atoms with E-state index in [9.17, 15) is 0 Å². The number of ether oxygens (including phenoxy) is 1. The zero-order valence-electron chi connectivity index (χ0n) is 13.9. The number of methoxy groups -OCH3 is 1. The summed E-state index contributed by atoms with van der Waals surface area (Å²) in [4.78, 5) is 4.70. The lowest BCUT2D eigenvalue weighted by molar-refractivity contribution is 0.414. The van der Waals surface area contributed by atoms with Gasteiger partial charge in [-0.25, -0.2) is 9.67 Å². The molecule has 0 aliphatic rings. The summed E-state index contributed by atoms with van der Waals surface area (Å²) in [7, 11) is 1.66. The van der Waals surface area contributed by atoms with Crippen LogP contribution in [0.25, 0.3) is 10.6 Å². The minimum absolute atomic E-state index is 0.622. The number of aromatic nitrogens is 5. The Balaban J connectivity index is 1.41. The van der Waals surface area contributed by atoms with Crippen LogP contribution >= 0.6 is 34.4 Å². The Morgan fingerprint density at radius 3 is 2.81 bits per heavy atom. The Morgan fingerprint density at radius 1 is 1.15 bits per heavy atom. The first kappa shape index (κ1) is 17.2. The van der Waals surface area contributed by atoms with Crippen molar-refractivity contribution in [1.82, 2.24) is 25.2 Å². The molecule has 132 valence electrons. The maximum atomic E-state index is 5.19. The van der Waals surface area contributed by atoms with Crippen LogP contribution < -0.4 is 4.74 Å². The van der Waals surface area contributed by atoms with Crippen molar-refractivity contribution >= 4 is 34.4 Å². The highest BCUT2D eigenvalue weighted by Gasteiger charge is 2.10. The largest absolute Gasteiger partial charge is 0.497 e. The van der Waals surface area contributed by atoms with Crippen LogP contribution in [0, 0.1) is 0 Å². The third-order valence-electron chi connectivity index (χ3n) is 3.66. The van der Waals surface area contributed by atoms with Crippen molar-refractivity contribution in [2.75, 3.05) is 7.11 Å². The van der Waals surface area contributed by atoms with Gasteiger partial charge < -0.3 is 4.74 Å². The van der Waals surface area contributed by atoms with E-state index >= 15 is 0 Å². The zero-order valence-corrected chi connectivity index (χ0v) is 16.4. The predicted octanol–water partition coefficient (Wildman–Crippen LogP) is 4.21. The quantitative estimate of drug-likeness (QED) is 0.432. The van der Waals surface area contributed by atoms with Gasteiger partial charge >= 0.3 is 0 Å². The van der Waals surface area contributed by atoms with Gasteiger partial charge in [-0.2, -0.15) is 11.3 Å². The molecule has 1 aromatic carbocycles. The smallest absolute Gasteiger partial charge is 0.210 e. The molecule has 4 rings (SSSR count). The van der Waals surface area contributed by atoms with Crippen molar-refractivity contribution in [2.45, 2.75) is 17.5 Å². The number of thiazole rings is 1. The van der Waals surface area contributed by atoms with Crippen LogP contribution in [0.4, 0.5) is 0 Å². The summed E-state index contributed by atoms with van der Waals surface area (Å²) >= 11 is 4.94. The molecule has 0 spiro atoms. The van der Waals surface area contributed by atoms with Crippen molar-refractivity contribution in [3.63, 3.8) is 0 Å². The molecule has 0 amide bonds. The van der Waals surface area contributed by atoms with Crippen LogP contribution in [0.5, 0.6) is 5.75 Å². The highest BCUT2D eigenvalue weighted by atomic mass is 32.2. The predicted molar refractivity (Wildman–Crippen MR) is 105 cm³/mol. The van der Waals surface area contributed by atoms with Gasteiger partial charge in [0.05, 0.1) is 19.3 Å². The normalized spacial score (nSPS) is 11.0. The molecule has 0 bridgehead atoms. The summed E-state index contributed by atoms with van der Waals surface area (Å²) in [5.41, 5.74) is 3.34. The average molecular weight is 402 g/mol. The monoisotopic (exact) mass is 401 g/mol. The lowest BCUT2D eigenvalue weighted by atomic mass is 10.2. The van der Waals surface area contributed by atoms with Gasteiger partial charge in [0.2, 0.25) is 5.16 Å². The van der Waals surface area contributed by atoms with Crippen LogP contribution in [-0.2, 0) is 12.3 Å². The molecule has 3 aromatic heterocycles. The summed E-state index contributed by atoms with van der Waals surface area (Å²) in [6.07, 6.45) is 0. The van der Waals surface area contributed by atoms with E-state index in [0.29, 0.717) is 6.54 Å². The Labute approximate surface area is 162 Å². The average Bonchev–Trinajstić information content (AvgIpc) is 3.42. The van der Waals surface area contributed by atoms with Gasteiger partial charge in [-0.1, -0.05) is 23.9 Å². The molecule has 0 atom stereocenters. The minimum Gasteiger partial charge on any atom is -0.497 e. The molecule has 0 saturated heterocycles. The molecule has 0 saturated carbocycles. The second kappa shape index (κ2) is 7.98. The minimum atomic E-state index is 0.622. The molecule has 0 unspecified atom stereocenters. The Kier molecular flexibility index (Phi) is 5.28. The number of tetrazole rings is 1. The Bertz CT molecular complexity index is 963. The Hall–Kier alpha value is -2.23. The molecule has 9 heteroatoms. The van der Waals surface area contributed by atoms with E-state index in [0.717, 1.165) is 32.9 Å². The number of thioether (sulfide) groups is 1. The zero-order chi connectivity index (χ0) is 17.8. The second-order valence-corrected chi connectivity index (χ2v) is 7.99. The van der Waals surface area contributed by atoms with Gasteiger partial charge in [0, 0.05) is 22.1 Å². The summed E-state index contributed by atoms with van der Waals surface area (Å²) in [6, 6.07) is 10.0. The number of hydrogen-bond acceptors (Lipinski definition) is 8. The van der Waals surface area contributed by atoms with Crippen molar-refractivity contribution in [2.24, 2.45) is 0 Å². The van der Waals surface area contributed by atoms with Gasteiger partial charge in [-0.15, -0.1) is 16.4 Å². The van der Waals surface area contributed by atoms with Gasteiger partial charge in [0.15, 0.2) is 0 Å². The third kappa shape index (κ3) is 3.95. The van der Waals surface area contributed by atoms with E-state index in [1.807, 2.05) is 24.3 Å². The fraction of sp³-hybridized carbons (Fsp3) is 0.176. The highest BCUT2D eigenvalue weighted by Crippen LogP contribution is 2.28. The Morgan fingerprint density at radius 2 is 2.04 bits per heavy atom. The standard InChI is InChI=1S/C17H15N5OS3/c1-23-15-4-2-12(3-5-15)8-22-17(19-20-21-22)26-11-14-10-25-16(18-14)13-6-7-24-9-13/h2-7,9-10H,8,11H2,1H3. The van der Waals surface area contributed by atoms with Gasteiger partial charge in [0.1, 0.15) is 10.8 Å². The first-order valence-electron chi connectivity index (χ1n) is 7.80. The molecule has 3 heterocycles. The number of thiophene rings is 1. The summed E-state index contributed by atoms with van der Waals surface area (Å²) < 4.78 is 6.99. The van der Waals surface area contributed by atoms with E-state index in [1.54, 1.807) is 46.2 Å². The summed E-state index contributed by atoms with van der Waals surface area (Å²) in [5, 5.41) is 20.2. The van der Waals surface area contributed by atoms with Crippen molar-refractivity contribution in [3.8, 4) is 16.3 Å². The first-order valence-corrected chi connectivity index (χ1v) is 10.6. The van der Waals surface area contributed by atoms with Crippen molar-refractivity contribution in [1.29, 1.82) is 0 Å². The molecule has 0 fully saturated rings. The lowest BCUT2D eigenvalue weighted by Gasteiger charge is -2.05. The third-order valence-corrected chi connectivity index (χ3v) is 6.27. The molecule has 0 radical (unpaired) electrons. The highest BCUT2D eigenvalue weighted by molar-refractivity contribution is 7.98. The first-order chi connectivity index (χ1) is 12.8. The van der Waals surface area contributed by atoms with E-state index in [-0.39, 0.29) is 0 Å². The molecule has 0 aliphatic carbocycles. The van der Waals surface area contributed by atoms with E-state index in [4.69, 9.17) is 9.72 Å². The molecule has 26 heavy (non-hydrogen) atoms. The molecule has 0 aliphatic heterocycles. The summed E-state index contributed by atoms with van der Waals surface area (Å²) in [6.45, 7) is 0.622. The molecule has 6 nitrogen and oxygen atoms in total. The van der Waals surface area contributed by atoms with Crippen LogP contribution in [-0.4, -0.2) is 32.3 Å². The van der Waals surface area contributed by atoms with Gasteiger partial charge in [-0.05, 0) is 39.6 Å². The number of rotatable bonds is 7. The maximum absolute atomic E-state index is 5.19.